The summed E-state index contributed by atoms with van der Waals surface area (Å²) in [5, 5.41) is -1.26. The summed E-state index contributed by atoms with van der Waals surface area (Å²) < 4.78 is 121. The molecule has 0 fully saturated rings. The van der Waals surface area contributed by atoms with E-state index < -0.39 is 77.2 Å². The summed E-state index contributed by atoms with van der Waals surface area (Å²) in [7, 11) is -17.9. The van der Waals surface area contributed by atoms with Gasteiger partial charge in [-0.2, -0.15) is 0 Å². The normalized spacial score (nSPS) is 12.5. The minimum absolute atomic E-state index is 0.000842. The van der Waals surface area contributed by atoms with E-state index in [4.69, 9.17) is 84.6 Å². The molecule has 5 aromatic rings. The first kappa shape index (κ1) is 117. The predicted molar refractivity (Wildman–Crippen MR) is 506 cm³/mol. The summed E-state index contributed by atoms with van der Waals surface area (Å²) in [5.74, 6) is 1.07. The molecule has 0 spiro atoms. The number of rotatable bonds is 37. The van der Waals surface area contributed by atoms with Gasteiger partial charge in [-0.25, -0.2) is 22.8 Å². The third kappa shape index (κ3) is 42.8. The fraction of sp³-hybridized carbons (Fsp3) is 0.568. The maximum absolute atomic E-state index is 13.3. The SMILES string of the molecule is CCOP(=O)(OCC)Oc1cc(C)cc(C)c1C(C)(C)CC(=O)S.CCOP(=O)(OCC)Oc1cc(C)cc(C)c1C(C)(C)CC(=O)SSC(=O)CC(C)(C)c1c(C)cc(C)cc1OP(=O)(OCC)OCC.C[Si](C)(C)Br.Cc1cc(C)c(C(C)(C)CC(=O)SSC(=O)CC(C)(C)c2c(C)cc(C)cc2OP(=O)(O)O)c(OP(=O)(O)O)c1.ClC(Cl)Cl. The van der Waals surface area contributed by atoms with Gasteiger partial charge >= 0.3 is 39.1 Å². The van der Waals surface area contributed by atoms with Crippen molar-refractivity contribution in [1.82, 2.24) is 0 Å². The van der Waals surface area contributed by atoms with Gasteiger partial charge in [0.15, 0.2) is 9.41 Å². The quantitative estimate of drug-likeness (QED) is 0.00616. The molecule has 0 saturated heterocycles. The third-order valence-electron chi connectivity index (χ3n) is 16.8. The first-order valence-electron chi connectivity index (χ1n) is 38.5. The summed E-state index contributed by atoms with van der Waals surface area (Å²) in [6.45, 7) is 54.2. The molecule has 5 rings (SSSR count). The van der Waals surface area contributed by atoms with Gasteiger partial charge in [0.05, 0.1) is 39.6 Å². The van der Waals surface area contributed by atoms with E-state index in [1.165, 1.54) is 12.1 Å². The van der Waals surface area contributed by atoms with E-state index in [1.807, 2.05) is 113 Å². The molecule has 25 nitrogen and oxygen atoms in total. The maximum Gasteiger partial charge on any atom is 0.530 e. The number of thiol groups is 1. The molecule has 0 heterocycles. The standard InChI is InChI=1S/C34H52O10P2S2.C26H36O10P2S2.C17H27O5PS.C3H9BrSi.CHCl3/c1-13-39-45(37,40-14-2)43-27-19-23(5)17-25(7)31(27)33(9,10)21-29(35)47-48-30(36)22-34(11,12)32-26(8)18-24(6)20-28(32)44-46(38,41-15-3)42-16-4;1-15-9-17(3)23(19(11-15)35-37(29,30)31)25(5,6)13-21(27)39-40-22(28)14-26(7,8)24-18(4)10-16(2)12-20(24)36-38(32,33)34;1-7-20-23(19,21-8-2)22-14-10-12(3)9-13(4)16(14)17(5,6)11-15(18)24;1-5(2,3)4;2-1(3)4/h17-20H,13-16,21-22H2,1-12H3;9-12H,13-14H2,1-8H3,(H2,29,30,31)(H2,32,33,34);9-10H,7-8,11H2,1-6H3,(H,18,24);1-3H3;1H. The molecule has 0 aliphatic rings. The lowest BCUT2D eigenvalue weighted by Crippen LogP contribution is -2.24. The Kier molecular flexibility index (Phi) is 48.8. The van der Waals surface area contributed by atoms with Crippen LogP contribution in [0.1, 0.15) is 226 Å². The number of halogens is 4. The Labute approximate surface area is 762 Å². The van der Waals surface area contributed by atoms with Crippen molar-refractivity contribution in [3.8, 4) is 28.7 Å². The fourth-order valence-electron chi connectivity index (χ4n) is 13.7. The van der Waals surface area contributed by atoms with Crippen LogP contribution in [0.5, 0.6) is 28.7 Å². The number of carbonyl (C=O) groups excluding carboxylic acids is 5. The Morgan fingerprint density at radius 2 is 0.504 bits per heavy atom. The van der Waals surface area contributed by atoms with Crippen molar-refractivity contribution >= 4 is 177 Å². The van der Waals surface area contributed by atoms with Gasteiger partial charge in [-0.1, -0.05) is 154 Å². The molecule has 0 radical (unpaired) electrons. The van der Waals surface area contributed by atoms with Gasteiger partial charge in [-0.3, -0.25) is 70.7 Å². The second kappa shape index (κ2) is 50.6. The van der Waals surface area contributed by atoms with Crippen molar-refractivity contribution in [2.24, 2.45) is 0 Å². The number of aryl methyl sites for hydroxylation is 10. The van der Waals surface area contributed by atoms with Crippen molar-refractivity contribution < 1.29 is 116 Å². The highest BCUT2D eigenvalue weighted by Gasteiger charge is 2.41. The summed E-state index contributed by atoms with van der Waals surface area (Å²) in [6.07, 6.45) is 0.299. The van der Waals surface area contributed by atoms with Crippen LogP contribution in [0.3, 0.4) is 0 Å². The Balaban J connectivity index is 0.000000898. The fourth-order valence-corrected chi connectivity index (χ4v) is 22.4. The van der Waals surface area contributed by atoms with Gasteiger partial charge in [-0.15, -0.1) is 27.9 Å². The van der Waals surface area contributed by atoms with E-state index in [0.717, 1.165) is 93.2 Å². The number of benzene rings is 5. The number of hydrogen-bond acceptors (Lipinski definition) is 25. The van der Waals surface area contributed by atoms with Crippen molar-refractivity contribution in [1.29, 1.82) is 0 Å². The molecule has 4 N–H and O–H groups in total. The van der Waals surface area contributed by atoms with E-state index in [0.29, 0.717) is 50.6 Å². The molecule has 0 unspecified atom stereocenters. The van der Waals surface area contributed by atoms with Crippen LogP contribution in [0.4, 0.5) is 0 Å². The van der Waals surface area contributed by atoms with Gasteiger partial charge in [0.1, 0.15) is 35.4 Å². The summed E-state index contributed by atoms with van der Waals surface area (Å²) in [6, 6.07) is 18.0. The van der Waals surface area contributed by atoms with Crippen molar-refractivity contribution in [3.05, 3.63) is 144 Å². The lowest BCUT2D eigenvalue weighted by atomic mass is 9.78. The molecular weight excluding hydrogens is 1900 g/mol. The smallest absolute Gasteiger partial charge is 0.404 e. The molecule has 686 valence electrons. The van der Waals surface area contributed by atoms with E-state index in [9.17, 15) is 66.4 Å². The summed E-state index contributed by atoms with van der Waals surface area (Å²) in [4.78, 5) is 102. The van der Waals surface area contributed by atoms with E-state index in [-0.39, 0.29) is 109 Å². The van der Waals surface area contributed by atoms with Crippen LogP contribution in [0.15, 0.2) is 60.7 Å². The number of phosphoric ester groups is 5. The van der Waals surface area contributed by atoms with Crippen LogP contribution in [0.25, 0.3) is 0 Å². The van der Waals surface area contributed by atoms with Crippen molar-refractivity contribution in [2.45, 2.75) is 263 Å². The lowest BCUT2D eigenvalue weighted by Gasteiger charge is -2.30. The summed E-state index contributed by atoms with van der Waals surface area (Å²) >= 11 is 21.8. The third-order valence-corrected chi connectivity index (χ3v) is 26.7. The molecule has 121 heavy (non-hydrogen) atoms. The molecule has 0 saturated carbocycles. The lowest BCUT2D eigenvalue weighted by molar-refractivity contribution is -0.113. The van der Waals surface area contributed by atoms with Crippen LogP contribution < -0.4 is 22.6 Å². The highest BCUT2D eigenvalue weighted by molar-refractivity contribution is 9.26. The van der Waals surface area contributed by atoms with Gasteiger partial charge < -0.3 is 22.6 Å². The Morgan fingerprint density at radius 1 is 0.355 bits per heavy atom. The maximum atomic E-state index is 13.3. The van der Waals surface area contributed by atoms with Crippen LogP contribution in [-0.2, 0) is 101 Å². The molecule has 40 heteroatoms. The number of hydrogen-bond donors (Lipinski definition) is 5. The molecule has 5 aromatic carbocycles. The average Bonchev–Trinajstić information content (AvgIpc) is 0.604. The zero-order chi connectivity index (χ0) is 94.0. The second-order valence-corrected chi connectivity index (χ2v) is 57.7. The highest BCUT2D eigenvalue weighted by atomic mass is 79.9. The van der Waals surface area contributed by atoms with E-state index in [1.54, 1.807) is 115 Å². The highest BCUT2D eigenvalue weighted by Crippen LogP contribution is 2.57. The molecule has 0 atom stereocenters. The van der Waals surface area contributed by atoms with Gasteiger partial charge in [-0.05, 0) is 240 Å². The topological polar surface area (TPSA) is 353 Å². The van der Waals surface area contributed by atoms with Crippen LogP contribution in [-0.4, -0.2) is 95.8 Å². The largest absolute Gasteiger partial charge is 0.530 e. The first-order valence-corrected chi connectivity index (χ1v) is 57.8. The van der Waals surface area contributed by atoms with Gasteiger partial charge in [0.25, 0.3) is 0 Å². The second-order valence-electron chi connectivity index (χ2n) is 32.4. The molecule has 0 amide bonds. The molecule has 0 aliphatic carbocycles. The average molecular weight is 2030 g/mol. The van der Waals surface area contributed by atoms with Gasteiger partial charge in [0, 0.05) is 87.0 Å². The van der Waals surface area contributed by atoms with Gasteiger partial charge in [0.2, 0.25) is 20.5 Å². The zero-order valence-corrected chi connectivity index (χ0v) is 88.3. The predicted octanol–water partition coefficient (Wildman–Crippen LogP) is 26.0. The molecule has 0 aromatic heterocycles. The minimum Gasteiger partial charge on any atom is -0.404 e. The van der Waals surface area contributed by atoms with Crippen LogP contribution in [0.2, 0.25) is 19.6 Å². The Morgan fingerprint density at radius 3 is 0.645 bits per heavy atom. The number of phosphoric acid groups is 5. The molecule has 0 bridgehead atoms. The Bertz CT molecular complexity index is 4350. The molecular formula is C81H125BrCl3O25P5S5Si. The Hall–Kier alpha value is -2.48. The minimum atomic E-state index is -4.84. The molecule has 0 aliphatic heterocycles. The van der Waals surface area contributed by atoms with Crippen LogP contribution >= 0.6 is 145 Å². The zero-order valence-electron chi connectivity index (χ0n) is 74.8. The van der Waals surface area contributed by atoms with E-state index >= 15 is 0 Å². The van der Waals surface area contributed by atoms with Crippen molar-refractivity contribution in [2.75, 3.05) is 39.6 Å². The van der Waals surface area contributed by atoms with Crippen LogP contribution in [0, 0.1) is 69.2 Å². The van der Waals surface area contributed by atoms with Crippen molar-refractivity contribution in [3.63, 3.8) is 0 Å². The number of carbonyl (C=O) groups is 5. The number of alkyl halides is 3. The monoisotopic (exact) mass is 2020 g/mol. The first-order chi connectivity index (χ1) is 55.0. The van der Waals surface area contributed by atoms with E-state index in [2.05, 4.69) is 47.6 Å². The summed E-state index contributed by atoms with van der Waals surface area (Å²) in [5.41, 5.74) is 7.72.